The summed E-state index contributed by atoms with van der Waals surface area (Å²) in [6, 6.07) is 3.49. The monoisotopic (exact) mass is 356 g/mol. The third-order valence-corrected chi connectivity index (χ3v) is 3.81. The zero-order valence-electron chi connectivity index (χ0n) is 13.3. The van der Waals surface area contributed by atoms with Crippen LogP contribution in [0.1, 0.15) is 31.8 Å². The van der Waals surface area contributed by atoms with Gasteiger partial charge in [0.1, 0.15) is 34.7 Å². The van der Waals surface area contributed by atoms with E-state index in [0.717, 1.165) is 12.1 Å². The summed E-state index contributed by atoms with van der Waals surface area (Å²) < 4.78 is 33.8. The molecule has 0 aliphatic rings. The molecule has 1 aromatic carbocycles. The summed E-state index contributed by atoms with van der Waals surface area (Å²) in [5.74, 6) is -4.67. The summed E-state index contributed by atoms with van der Waals surface area (Å²) in [6.07, 6.45) is 2.43. The molecule has 7 nitrogen and oxygen atoms in total. The third kappa shape index (κ3) is 2.44. The van der Waals surface area contributed by atoms with Crippen molar-refractivity contribution in [3.8, 4) is 11.8 Å². The number of ketones is 1. The second-order valence-corrected chi connectivity index (χ2v) is 5.22. The van der Waals surface area contributed by atoms with Crippen molar-refractivity contribution in [2.45, 2.75) is 0 Å². The van der Waals surface area contributed by atoms with Gasteiger partial charge in [-0.15, -0.1) is 0 Å². The number of aromatic nitrogens is 2. The zero-order valence-corrected chi connectivity index (χ0v) is 13.3. The van der Waals surface area contributed by atoms with Gasteiger partial charge < -0.3 is 15.5 Å². The molecule has 0 fully saturated rings. The fraction of sp³-hybridized carbons (Fsp3) is 0.0588. The van der Waals surface area contributed by atoms with Crippen LogP contribution in [0.2, 0.25) is 0 Å². The number of nitriles is 1. The molecule has 0 aliphatic heterocycles. The van der Waals surface area contributed by atoms with Crippen LogP contribution in [-0.4, -0.2) is 28.8 Å². The number of rotatable bonds is 4. The van der Waals surface area contributed by atoms with Gasteiger partial charge in [-0.3, -0.25) is 9.59 Å². The van der Waals surface area contributed by atoms with E-state index in [1.807, 2.05) is 6.07 Å². The molecule has 26 heavy (non-hydrogen) atoms. The predicted octanol–water partition coefficient (Wildman–Crippen LogP) is 2.05. The minimum atomic E-state index is -1.36. The molecule has 3 N–H and O–H groups in total. The Morgan fingerprint density at radius 2 is 2.04 bits per heavy atom. The summed E-state index contributed by atoms with van der Waals surface area (Å²) >= 11 is 0. The van der Waals surface area contributed by atoms with Gasteiger partial charge in [0, 0.05) is 6.20 Å². The van der Waals surface area contributed by atoms with Crippen molar-refractivity contribution < 1.29 is 23.1 Å². The van der Waals surface area contributed by atoms with Crippen LogP contribution in [-0.2, 0) is 0 Å². The molecule has 2 heterocycles. The normalized spacial score (nSPS) is 10.5. The highest BCUT2D eigenvalue weighted by Crippen LogP contribution is 2.32. The topological polar surface area (TPSA) is 122 Å². The summed E-state index contributed by atoms with van der Waals surface area (Å²) in [6.45, 7) is 0. The second kappa shape index (κ2) is 6.25. The molecular weight excluding hydrogens is 346 g/mol. The number of ether oxygens (including phenoxy) is 1. The first-order valence-electron chi connectivity index (χ1n) is 7.17. The molecule has 0 saturated heterocycles. The summed E-state index contributed by atoms with van der Waals surface area (Å²) in [5.41, 5.74) is 3.56. The Balaban J connectivity index is 2.29. The lowest BCUT2D eigenvalue weighted by molar-refractivity contribution is 0.0996. The standard InChI is InChI=1S/C17H10F2N4O3/c1-26-15-7(4-20)5-22-17-11(15)9(6-23-17)14(24)12-10(18)3-2-8(13(12)19)16(21)25/h2-3,5-6H,1H3,(H2,21,25)(H,22,23). The molecule has 1 amide bonds. The van der Waals surface area contributed by atoms with Crippen LogP contribution >= 0.6 is 0 Å². The van der Waals surface area contributed by atoms with Crippen molar-refractivity contribution in [3.05, 3.63) is 58.4 Å². The molecule has 0 unspecified atom stereocenters. The van der Waals surface area contributed by atoms with E-state index < -0.39 is 34.5 Å². The maximum Gasteiger partial charge on any atom is 0.251 e. The van der Waals surface area contributed by atoms with Gasteiger partial charge in [0.15, 0.2) is 0 Å². The predicted molar refractivity (Wildman–Crippen MR) is 85.7 cm³/mol. The number of hydrogen-bond acceptors (Lipinski definition) is 5. The number of fused-ring (bicyclic) bond motifs is 1. The van der Waals surface area contributed by atoms with Gasteiger partial charge in [-0.05, 0) is 12.1 Å². The SMILES string of the molecule is COc1c(C#N)cnc2[nH]cc(C(=O)c3c(F)ccc(C(N)=O)c3F)c12. The Kier molecular flexibility index (Phi) is 4.10. The molecular formula is C17H10F2N4O3. The minimum absolute atomic E-state index is 0.0361. The number of hydrogen-bond donors (Lipinski definition) is 2. The highest BCUT2D eigenvalue weighted by atomic mass is 19.1. The molecule has 0 radical (unpaired) electrons. The van der Waals surface area contributed by atoms with Crippen LogP contribution in [0.4, 0.5) is 8.78 Å². The minimum Gasteiger partial charge on any atom is -0.495 e. The van der Waals surface area contributed by atoms with Gasteiger partial charge in [0.05, 0.1) is 35.4 Å². The number of halogens is 2. The molecule has 130 valence electrons. The van der Waals surface area contributed by atoms with Crippen LogP contribution in [0.3, 0.4) is 0 Å². The molecule has 0 aliphatic carbocycles. The van der Waals surface area contributed by atoms with Crippen molar-refractivity contribution in [3.63, 3.8) is 0 Å². The Morgan fingerprint density at radius 3 is 2.65 bits per heavy atom. The van der Waals surface area contributed by atoms with Gasteiger partial charge >= 0.3 is 0 Å². The number of pyridine rings is 1. The largest absolute Gasteiger partial charge is 0.495 e. The smallest absolute Gasteiger partial charge is 0.251 e. The van der Waals surface area contributed by atoms with Crippen molar-refractivity contribution in [2.75, 3.05) is 7.11 Å². The van der Waals surface area contributed by atoms with E-state index in [-0.39, 0.29) is 27.9 Å². The fourth-order valence-corrected chi connectivity index (χ4v) is 2.62. The average Bonchev–Trinajstić information content (AvgIpc) is 3.04. The van der Waals surface area contributed by atoms with E-state index in [9.17, 15) is 18.4 Å². The van der Waals surface area contributed by atoms with Gasteiger partial charge in [-0.1, -0.05) is 0 Å². The lowest BCUT2D eigenvalue weighted by atomic mass is 9.98. The number of aromatic amines is 1. The van der Waals surface area contributed by atoms with Gasteiger partial charge in [-0.25, -0.2) is 13.8 Å². The average molecular weight is 356 g/mol. The van der Waals surface area contributed by atoms with E-state index in [1.54, 1.807) is 0 Å². The molecule has 3 aromatic rings. The van der Waals surface area contributed by atoms with Crippen LogP contribution in [0.15, 0.2) is 24.5 Å². The first kappa shape index (κ1) is 17.0. The van der Waals surface area contributed by atoms with Crippen LogP contribution in [0.25, 0.3) is 11.0 Å². The number of H-pyrrole nitrogens is 1. The number of benzene rings is 1. The van der Waals surface area contributed by atoms with Crippen molar-refractivity contribution in [1.82, 2.24) is 9.97 Å². The molecule has 0 saturated carbocycles. The number of nitrogens with one attached hydrogen (secondary N) is 1. The second-order valence-electron chi connectivity index (χ2n) is 5.22. The molecule has 9 heteroatoms. The first-order chi connectivity index (χ1) is 12.4. The van der Waals surface area contributed by atoms with Gasteiger partial charge in [0.2, 0.25) is 5.78 Å². The van der Waals surface area contributed by atoms with Gasteiger partial charge in [-0.2, -0.15) is 5.26 Å². The Hall–Kier alpha value is -3.80. The number of nitrogens with zero attached hydrogens (tertiary/aromatic N) is 2. The molecule has 3 rings (SSSR count). The van der Waals surface area contributed by atoms with Crippen LogP contribution < -0.4 is 10.5 Å². The van der Waals surface area contributed by atoms with Crippen LogP contribution in [0, 0.1) is 23.0 Å². The molecule has 0 spiro atoms. The lowest BCUT2D eigenvalue weighted by Crippen LogP contribution is -2.17. The number of carbonyl (C=O) groups is 2. The van der Waals surface area contributed by atoms with E-state index in [2.05, 4.69) is 9.97 Å². The lowest BCUT2D eigenvalue weighted by Gasteiger charge is -2.08. The number of amides is 1. The van der Waals surface area contributed by atoms with Crippen LogP contribution in [0.5, 0.6) is 5.75 Å². The Labute approximate surface area is 145 Å². The maximum absolute atomic E-state index is 14.5. The van der Waals surface area contributed by atoms with Crippen molar-refractivity contribution in [2.24, 2.45) is 5.73 Å². The summed E-state index contributed by atoms with van der Waals surface area (Å²) in [4.78, 5) is 30.7. The third-order valence-electron chi connectivity index (χ3n) is 3.81. The number of primary amides is 1. The molecule has 2 aromatic heterocycles. The van der Waals surface area contributed by atoms with Crippen molar-refractivity contribution in [1.29, 1.82) is 5.26 Å². The van der Waals surface area contributed by atoms with E-state index >= 15 is 0 Å². The number of nitrogens with two attached hydrogens (primary N) is 1. The fourth-order valence-electron chi connectivity index (χ4n) is 2.62. The number of methoxy groups -OCH3 is 1. The maximum atomic E-state index is 14.5. The quantitative estimate of drug-likeness (QED) is 0.693. The number of carbonyl (C=O) groups excluding carboxylic acids is 2. The zero-order chi connectivity index (χ0) is 19.0. The van der Waals surface area contributed by atoms with E-state index in [4.69, 9.17) is 15.7 Å². The molecule has 0 atom stereocenters. The van der Waals surface area contributed by atoms with Gasteiger partial charge in [0.25, 0.3) is 5.91 Å². The highest BCUT2D eigenvalue weighted by molar-refractivity contribution is 6.18. The van der Waals surface area contributed by atoms with E-state index in [1.165, 1.54) is 19.5 Å². The molecule has 0 bridgehead atoms. The summed E-state index contributed by atoms with van der Waals surface area (Å²) in [5, 5.41) is 9.24. The Bertz CT molecular complexity index is 1120. The van der Waals surface area contributed by atoms with E-state index in [0.29, 0.717) is 0 Å². The Morgan fingerprint density at radius 1 is 1.31 bits per heavy atom. The summed E-state index contributed by atoms with van der Waals surface area (Å²) in [7, 11) is 1.28. The first-order valence-corrected chi connectivity index (χ1v) is 7.17. The highest BCUT2D eigenvalue weighted by Gasteiger charge is 2.27. The van der Waals surface area contributed by atoms with Crippen molar-refractivity contribution >= 4 is 22.7 Å².